The Morgan fingerprint density at radius 3 is 1.97 bits per heavy atom. The minimum Gasteiger partial charge on any atom is -0.460 e. The van der Waals surface area contributed by atoms with Crippen LogP contribution in [-0.4, -0.2) is 35.5 Å². The summed E-state index contributed by atoms with van der Waals surface area (Å²) in [5.41, 5.74) is -0.416. The Balaban J connectivity index is 1.55. The first kappa shape index (κ1) is 28.2. The Labute approximate surface area is 204 Å². The number of hydrogen-bond acceptors (Lipinski definition) is 3. The highest BCUT2D eigenvalue weighted by Crippen LogP contribution is 2.60. The van der Waals surface area contributed by atoms with Gasteiger partial charge in [-0.3, -0.25) is 9.59 Å². The van der Waals surface area contributed by atoms with Crippen LogP contribution < -0.4 is 0 Å². The zero-order chi connectivity index (χ0) is 24.3. The number of carbonyl (C=O) groups excluding carboxylic acids is 2. The van der Waals surface area contributed by atoms with Crippen molar-refractivity contribution in [1.82, 2.24) is 4.90 Å². The second-order valence-corrected chi connectivity index (χ2v) is 12.1. The van der Waals surface area contributed by atoms with Gasteiger partial charge in [-0.1, -0.05) is 90.9 Å². The van der Waals surface area contributed by atoms with E-state index in [1.165, 1.54) is 77.0 Å². The van der Waals surface area contributed by atoms with Gasteiger partial charge in [-0.05, 0) is 51.4 Å². The molecule has 0 aromatic carbocycles. The summed E-state index contributed by atoms with van der Waals surface area (Å²) in [5, 5.41) is 0. The predicted octanol–water partition coefficient (Wildman–Crippen LogP) is 7.68. The van der Waals surface area contributed by atoms with Gasteiger partial charge >= 0.3 is 5.97 Å². The van der Waals surface area contributed by atoms with Crippen LogP contribution in [0.2, 0.25) is 0 Å². The fourth-order valence-corrected chi connectivity index (χ4v) is 5.55. The van der Waals surface area contributed by atoms with Crippen molar-refractivity contribution >= 4 is 11.9 Å². The molecule has 1 aliphatic heterocycles. The molecule has 2 unspecified atom stereocenters. The molecule has 2 fully saturated rings. The smallest absolute Gasteiger partial charge is 0.310 e. The number of esters is 1. The van der Waals surface area contributed by atoms with Gasteiger partial charge in [-0.15, -0.1) is 0 Å². The molecular formula is C29H53NO3. The van der Waals surface area contributed by atoms with Crippen LogP contribution in [0.1, 0.15) is 137 Å². The molecule has 0 N–H and O–H groups in total. The van der Waals surface area contributed by atoms with E-state index in [1.807, 2.05) is 20.8 Å². The van der Waals surface area contributed by atoms with Crippen LogP contribution >= 0.6 is 0 Å². The molecule has 0 aromatic heterocycles. The van der Waals surface area contributed by atoms with E-state index in [4.69, 9.17) is 4.74 Å². The van der Waals surface area contributed by atoms with E-state index in [1.54, 1.807) is 0 Å². The number of amides is 1. The minimum atomic E-state index is -0.427. The first-order valence-corrected chi connectivity index (χ1v) is 14.2. The normalized spacial score (nSPS) is 25.4. The Morgan fingerprint density at radius 1 is 0.939 bits per heavy atom. The van der Waals surface area contributed by atoms with Gasteiger partial charge < -0.3 is 9.64 Å². The molecule has 1 saturated heterocycles. The number of unbranched alkanes of at least 4 members (excludes halogenated alkanes) is 12. The molecule has 33 heavy (non-hydrogen) atoms. The summed E-state index contributed by atoms with van der Waals surface area (Å²) in [6.07, 6.45) is 20.0. The van der Waals surface area contributed by atoms with Crippen molar-refractivity contribution in [3.05, 3.63) is 0 Å². The molecule has 1 amide bonds. The van der Waals surface area contributed by atoms with E-state index in [0.717, 1.165) is 32.4 Å². The molecule has 192 valence electrons. The van der Waals surface area contributed by atoms with Crippen LogP contribution in [-0.2, 0) is 14.3 Å². The average Bonchev–Trinajstić information content (AvgIpc) is 3.44. The predicted molar refractivity (Wildman–Crippen MR) is 137 cm³/mol. The van der Waals surface area contributed by atoms with Gasteiger partial charge in [0.05, 0.1) is 5.92 Å². The van der Waals surface area contributed by atoms with Crippen molar-refractivity contribution in [2.45, 2.75) is 143 Å². The number of piperidine rings is 1. The Bertz CT molecular complexity index is 596. The molecule has 0 radical (unpaired) electrons. The highest BCUT2D eigenvalue weighted by atomic mass is 16.6. The molecule has 1 aliphatic carbocycles. The quantitative estimate of drug-likeness (QED) is 0.174. The fraction of sp³-hybridized carbons (Fsp3) is 0.931. The molecule has 0 aromatic rings. The van der Waals surface area contributed by atoms with E-state index >= 15 is 0 Å². The molecule has 2 aliphatic rings. The number of likely N-dealkylation sites (tertiary alicyclic amines) is 1. The van der Waals surface area contributed by atoms with E-state index in [2.05, 4.69) is 18.7 Å². The maximum atomic E-state index is 12.5. The van der Waals surface area contributed by atoms with Crippen LogP contribution in [0.15, 0.2) is 0 Å². The lowest BCUT2D eigenvalue weighted by Gasteiger charge is -2.36. The SMILES string of the molecule is CCCCCCCCCCCCCCCN1C[C@@H](C2(C)CC2C(=O)OC(C)(C)C)CCC1=O. The monoisotopic (exact) mass is 463 g/mol. The van der Waals surface area contributed by atoms with Crippen LogP contribution in [0.25, 0.3) is 0 Å². The van der Waals surface area contributed by atoms with Crippen LogP contribution in [0.3, 0.4) is 0 Å². The molecule has 0 spiro atoms. The number of rotatable bonds is 16. The summed E-state index contributed by atoms with van der Waals surface area (Å²) < 4.78 is 5.63. The third kappa shape index (κ3) is 9.99. The zero-order valence-corrected chi connectivity index (χ0v) is 22.6. The first-order chi connectivity index (χ1) is 15.7. The van der Waals surface area contributed by atoms with Crippen molar-refractivity contribution in [3.8, 4) is 0 Å². The van der Waals surface area contributed by atoms with Gasteiger partial charge in [-0.2, -0.15) is 0 Å². The number of carbonyl (C=O) groups is 2. The lowest BCUT2D eigenvalue weighted by molar-refractivity contribution is -0.157. The van der Waals surface area contributed by atoms with E-state index in [0.29, 0.717) is 18.2 Å². The molecule has 0 bridgehead atoms. The van der Waals surface area contributed by atoms with Gasteiger partial charge in [0.15, 0.2) is 0 Å². The summed E-state index contributed by atoms with van der Waals surface area (Å²) in [4.78, 5) is 27.1. The third-order valence-corrected chi connectivity index (χ3v) is 7.94. The van der Waals surface area contributed by atoms with E-state index < -0.39 is 5.60 Å². The molecule has 1 heterocycles. The molecule has 2 rings (SSSR count). The van der Waals surface area contributed by atoms with Crippen molar-refractivity contribution in [2.75, 3.05) is 13.1 Å². The first-order valence-electron chi connectivity index (χ1n) is 14.2. The van der Waals surface area contributed by atoms with Gasteiger partial charge in [0.2, 0.25) is 5.91 Å². The standard InChI is InChI=1S/C29H53NO3/c1-6-7-8-9-10-11-12-13-14-15-16-17-18-21-30-23-24(19-20-26(30)31)29(5)22-25(29)27(32)33-28(2,3)4/h24-25H,6-23H2,1-5H3/t24-,25?,29?/m0/s1. The topological polar surface area (TPSA) is 46.6 Å². The number of ether oxygens (including phenoxy) is 1. The highest BCUT2D eigenvalue weighted by molar-refractivity contribution is 5.79. The average molecular weight is 464 g/mol. The molecular weight excluding hydrogens is 410 g/mol. The maximum Gasteiger partial charge on any atom is 0.310 e. The zero-order valence-electron chi connectivity index (χ0n) is 22.6. The van der Waals surface area contributed by atoms with Crippen LogP contribution in [0.4, 0.5) is 0 Å². The largest absolute Gasteiger partial charge is 0.460 e. The Kier molecular flexibility index (Phi) is 11.7. The van der Waals surface area contributed by atoms with Gasteiger partial charge in [0, 0.05) is 19.5 Å². The summed E-state index contributed by atoms with van der Waals surface area (Å²) in [5.74, 6) is 0.691. The van der Waals surface area contributed by atoms with Gasteiger partial charge in [0.1, 0.15) is 5.60 Å². The van der Waals surface area contributed by atoms with E-state index in [-0.39, 0.29) is 17.3 Å². The Morgan fingerprint density at radius 2 is 1.45 bits per heavy atom. The van der Waals surface area contributed by atoms with Crippen molar-refractivity contribution in [2.24, 2.45) is 17.3 Å². The van der Waals surface area contributed by atoms with Crippen LogP contribution in [0.5, 0.6) is 0 Å². The summed E-state index contributed by atoms with van der Waals surface area (Å²) in [7, 11) is 0. The highest BCUT2D eigenvalue weighted by Gasteiger charge is 2.60. The second kappa shape index (κ2) is 13.7. The molecule has 4 nitrogen and oxygen atoms in total. The molecule has 4 heteroatoms. The van der Waals surface area contributed by atoms with Gasteiger partial charge in [-0.25, -0.2) is 0 Å². The molecule has 3 atom stereocenters. The van der Waals surface area contributed by atoms with Crippen LogP contribution in [0, 0.1) is 17.3 Å². The lowest BCUT2D eigenvalue weighted by atomic mass is 9.82. The van der Waals surface area contributed by atoms with Crippen molar-refractivity contribution < 1.29 is 14.3 Å². The fourth-order valence-electron chi connectivity index (χ4n) is 5.55. The van der Waals surface area contributed by atoms with Crippen molar-refractivity contribution in [1.29, 1.82) is 0 Å². The lowest BCUT2D eigenvalue weighted by Crippen LogP contribution is -2.43. The van der Waals surface area contributed by atoms with E-state index in [9.17, 15) is 9.59 Å². The third-order valence-electron chi connectivity index (χ3n) is 7.94. The van der Waals surface area contributed by atoms with Crippen molar-refractivity contribution in [3.63, 3.8) is 0 Å². The van der Waals surface area contributed by atoms with Gasteiger partial charge in [0.25, 0.3) is 0 Å². The summed E-state index contributed by atoms with van der Waals surface area (Å²) in [6, 6.07) is 0. The maximum absolute atomic E-state index is 12.5. The summed E-state index contributed by atoms with van der Waals surface area (Å²) in [6.45, 7) is 12.0. The number of nitrogens with zero attached hydrogens (tertiary/aromatic N) is 1. The number of hydrogen-bond donors (Lipinski definition) is 0. The Hall–Kier alpha value is -1.06. The molecule has 1 saturated carbocycles. The minimum absolute atomic E-state index is 0.00752. The summed E-state index contributed by atoms with van der Waals surface area (Å²) >= 11 is 0. The second-order valence-electron chi connectivity index (χ2n) is 12.1.